The molecule has 1 N–H and O–H groups in total. The average Bonchev–Trinajstić information content (AvgIpc) is 3.13. The number of rotatable bonds is 4. The number of para-hydroxylation sites is 1. The number of hydrogen-bond donors (Lipinski definition) is 1. The van der Waals surface area contributed by atoms with Gasteiger partial charge in [0.2, 0.25) is 5.91 Å². The Kier molecular flexibility index (Phi) is 4.73. The second-order valence-corrected chi connectivity index (χ2v) is 6.91. The third-order valence-corrected chi connectivity index (χ3v) is 5.23. The van der Waals surface area contributed by atoms with E-state index in [1.54, 1.807) is 48.4 Å². The maximum Gasteiger partial charge on any atom is 0.329 e. The first kappa shape index (κ1) is 18.0. The van der Waals surface area contributed by atoms with Crippen molar-refractivity contribution in [2.75, 3.05) is 18.6 Å². The average molecular weight is 379 g/mol. The van der Waals surface area contributed by atoms with Crippen LogP contribution in [0.4, 0.5) is 10.5 Å². The molecule has 0 aromatic heterocycles. The van der Waals surface area contributed by atoms with Gasteiger partial charge in [0.05, 0.1) is 25.3 Å². The number of nitrogens with one attached hydrogen (secondary N) is 1. The second kappa shape index (κ2) is 7.34. The topological polar surface area (TPSA) is 79.0 Å². The van der Waals surface area contributed by atoms with E-state index in [1.807, 2.05) is 18.2 Å². The normalized spacial score (nSPS) is 21.3. The number of hydrogen-bond acceptors (Lipinski definition) is 4. The molecule has 0 radical (unpaired) electrons. The molecule has 0 unspecified atom stereocenters. The minimum absolute atomic E-state index is 0.129. The van der Waals surface area contributed by atoms with E-state index in [0.29, 0.717) is 18.7 Å². The van der Waals surface area contributed by atoms with Crippen LogP contribution >= 0.6 is 0 Å². The number of carbonyl (C=O) groups excluding carboxylic acids is 3. The first-order valence-electron chi connectivity index (χ1n) is 9.20. The van der Waals surface area contributed by atoms with Gasteiger partial charge in [-0.15, -0.1) is 0 Å². The highest BCUT2D eigenvalue weighted by Crippen LogP contribution is 2.28. The van der Waals surface area contributed by atoms with Crippen LogP contribution in [0.2, 0.25) is 0 Å². The predicted molar refractivity (Wildman–Crippen MR) is 103 cm³/mol. The van der Waals surface area contributed by atoms with Crippen LogP contribution in [0.5, 0.6) is 5.75 Å². The summed E-state index contributed by atoms with van der Waals surface area (Å²) in [6, 6.07) is 14.6. The summed E-state index contributed by atoms with van der Waals surface area (Å²) >= 11 is 0. The number of ether oxygens (including phenoxy) is 1. The van der Waals surface area contributed by atoms with Crippen molar-refractivity contribution >= 4 is 23.5 Å². The molecule has 0 aliphatic carbocycles. The number of nitrogens with zero attached hydrogens (tertiary/aromatic N) is 2. The predicted octanol–water partition coefficient (Wildman–Crippen LogP) is 1.96. The monoisotopic (exact) mass is 379 g/mol. The number of fused-ring (bicyclic) bond motifs is 1. The molecular formula is C21H21N3O4. The molecule has 7 nitrogen and oxygen atoms in total. The first-order valence-corrected chi connectivity index (χ1v) is 9.20. The van der Waals surface area contributed by atoms with Crippen LogP contribution in [0, 0.1) is 0 Å². The zero-order valence-corrected chi connectivity index (χ0v) is 15.5. The summed E-state index contributed by atoms with van der Waals surface area (Å²) in [5.74, 6) is 0.233. The molecule has 0 bridgehead atoms. The van der Waals surface area contributed by atoms with E-state index in [-0.39, 0.29) is 24.3 Å². The van der Waals surface area contributed by atoms with Gasteiger partial charge in [0.1, 0.15) is 11.8 Å². The van der Waals surface area contributed by atoms with E-state index in [9.17, 15) is 14.4 Å². The van der Waals surface area contributed by atoms with Crippen LogP contribution in [0.3, 0.4) is 0 Å². The van der Waals surface area contributed by atoms with Crippen molar-refractivity contribution in [3.63, 3.8) is 0 Å². The van der Waals surface area contributed by atoms with Crippen molar-refractivity contribution < 1.29 is 19.1 Å². The molecule has 2 aromatic rings. The summed E-state index contributed by atoms with van der Waals surface area (Å²) in [6.45, 7) is 0.443. The summed E-state index contributed by atoms with van der Waals surface area (Å²) in [4.78, 5) is 41.2. The van der Waals surface area contributed by atoms with Crippen molar-refractivity contribution in [1.29, 1.82) is 0 Å². The Balaban J connectivity index is 1.54. The van der Waals surface area contributed by atoms with Gasteiger partial charge in [0.25, 0.3) is 5.91 Å². The lowest BCUT2D eigenvalue weighted by atomic mass is 10.0. The fraction of sp³-hybridized carbons (Fsp3) is 0.286. The molecule has 28 heavy (non-hydrogen) atoms. The number of methoxy groups -OCH3 is 1. The van der Waals surface area contributed by atoms with E-state index in [1.165, 1.54) is 0 Å². The third-order valence-electron chi connectivity index (χ3n) is 5.23. The highest BCUT2D eigenvalue weighted by Gasteiger charge is 2.49. The molecule has 2 aliphatic rings. The molecule has 7 heteroatoms. The Morgan fingerprint density at radius 1 is 1.11 bits per heavy atom. The maximum atomic E-state index is 13.1. The number of likely N-dealkylation sites (tertiary alicyclic amines) is 1. The zero-order chi connectivity index (χ0) is 19.7. The second-order valence-electron chi connectivity index (χ2n) is 6.91. The maximum absolute atomic E-state index is 13.1. The number of amides is 4. The molecule has 2 atom stereocenters. The van der Waals surface area contributed by atoms with Crippen LogP contribution < -0.4 is 15.0 Å². The summed E-state index contributed by atoms with van der Waals surface area (Å²) in [5, 5.41) is 2.88. The SMILES string of the molecule is COc1ccc(CC(=O)N2CC[C@H]3NC(=O)N(c4ccccc4)C(=O)[C@H]32)cc1. The Hall–Kier alpha value is -3.35. The van der Waals surface area contributed by atoms with E-state index in [4.69, 9.17) is 4.74 Å². The molecule has 2 aromatic carbocycles. The molecule has 2 heterocycles. The minimum Gasteiger partial charge on any atom is -0.497 e. The Morgan fingerprint density at radius 3 is 2.50 bits per heavy atom. The Bertz CT molecular complexity index is 898. The Labute approximate surface area is 162 Å². The molecule has 2 aliphatic heterocycles. The van der Waals surface area contributed by atoms with Gasteiger partial charge in [0, 0.05) is 6.54 Å². The van der Waals surface area contributed by atoms with Crippen molar-refractivity contribution in [3.8, 4) is 5.75 Å². The first-order chi connectivity index (χ1) is 13.6. The van der Waals surface area contributed by atoms with Gasteiger partial charge in [0.15, 0.2) is 0 Å². The van der Waals surface area contributed by atoms with Gasteiger partial charge in [-0.05, 0) is 36.2 Å². The molecule has 2 fully saturated rings. The van der Waals surface area contributed by atoms with Gasteiger partial charge < -0.3 is 15.0 Å². The molecule has 2 saturated heterocycles. The van der Waals surface area contributed by atoms with E-state index in [2.05, 4.69) is 5.32 Å². The van der Waals surface area contributed by atoms with Crippen molar-refractivity contribution in [3.05, 3.63) is 60.2 Å². The van der Waals surface area contributed by atoms with E-state index >= 15 is 0 Å². The number of anilines is 1. The third kappa shape index (κ3) is 3.19. The lowest BCUT2D eigenvalue weighted by Crippen LogP contribution is -2.65. The zero-order valence-electron chi connectivity index (χ0n) is 15.5. The molecule has 0 spiro atoms. The van der Waals surface area contributed by atoms with E-state index in [0.717, 1.165) is 16.2 Å². The standard InChI is InChI=1S/C21H21N3O4/c1-28-16-9-7-14(8-10-16)13-18(25)23-12-11-17-19(23)20(26)24(21(27)22-17)15-5-3-2-4-6-15/h2-10,17,19H,11-13H2,1H3,(H,22,27)/t17-,19+/m1/s1. The lowest BCUT2D eigenvalue weighted by molar-refractivity contribution is -0.137. The Morgan fingerprint density at radius 2 is 1.82 bits per heavy atom. The fourth-order valence-corrected chi connectivity index (χ4v) is 3.83. The van der Waals surface area contributed by atoms with Crippen LogP contribution in [-0.4, -0.2) is 48.5 Å². The lowest BCUT2D eigenvalue weighted by Gasteiger charge is -2.36. The summed E-state index contributed by atoms with van der Waals surface area (Å²) in [7, 11) is 1.59. The number of urea groups is 1. The fourth-order valence-electron chi connectivity index (χ4n) is 3.83. The van der Waals surface area contributed by atoms with E-state index < -0.39 is 12.1 Å². The molecular weight excluding hydrogens is 358 g/mol. The smallest absolute Gasteiger partial charge is 0.329 e. The number of imide groups is 1. The van der Waals surface area contributed by atoms with Gasteiger partial charge in [-0.25, -0.2) is 9.69 Å². The van der Waals surface area contributed by atoms with Crippen LogP contribution in [0.1, 0.15) is 12.0 Å². The minimum atomic E-state index is -0.677. The summed E-state index contributed by atoms with van der Waals surface area (Å²) in [6.07, 6.45) is 0.763. The quantitative estimate of drug-likeness (QED) is 0.881. The number of carbonyl (C=O) groups is 3. The van der Waals surface area contributed by atoms with Crippen LogP contribution in [0.15, 0.2) is 54.6 Å². The van der Waals surface area contributed by atoms with Gasteiger partial charge >= 0.3 is 6.03 Å². The van der Waals surface area contributed by atoms with Crippen molar-refractivity contribution in [1.82, 2.24) is 10.2 Å². The largest absolute Gasteiger partial charge is 0.497 e. The molecule has 144 valence electrons. The van der Waals surface area contributed by atoms with Gasteiger partial charge in [-0.2, -0.15) is 0 Å². The van der Waals surface area contributed by atoms with Crippen LogP contribution in [0.25, 0.3) is 0 Å². The number of benzene rings is 2. The molecule has 4 rings (SSSR count). The molecule has 0 saturated carbocycles. The summed E-state index contributed by atoms with van der Waals surface area (Å²) in [5.41, 5.74) is 1.35. The highest BCUT2D eigenvalue weighted by atomic mass is 16.5. The van der Waals surface area contributed by atoms with Crippen LogP contribution in [-0.2, 0) is 16.0 Å². The van der Waals surface area contributed by atoms with Gasteiger partial charge in [-0.1, -0.05) is 30.3 Å². The van der Waals surface area contributed by atoms with Crippen molar-refractivity contribution in [2.24, 2.45) is 0 Å². The highest BCUT2D eigenvalue weighted by molar-refractivity contribution is 6.19. The molecule has 4 amide bonds. The van der Waals surface area contributed by atoms with Gasteiger partial charge in [-0.3, -0.25) is 9.59 Å². The summed E-state index contributed by atoms with van der Waals surface area (Å²) < 4.78 is 5.14. The van der Waals surface area contributed by atoms with Crippen molar-refractivity contribution in [2.45, 2.75) is 24.9 Å².